The number of halogens is 1. The number of rotatable bonds is 1. The van der Waals surface area contributed by atoms with Gasteiger partial charge < -0.3 is 8.98 Å². The lowest BCUT2D eigenvalue weighted by Gasteiger charge is -2.11. The Morgan fingerprint density at radius 3 is 1.62 bits per heavy atom. The Bertz CT molecular complexity index is 2370. The Labute approximate surface area is 228 Å². The van der Waals surface area contributed by atoms with Crippen molar-refractivity contribution in [2.24, 2.45) is 0 Å². The molecule has 7 aromatic carbocycles. The predicted molar refractivity (Wildman–Crippen MR) is 166 cm³/mol. The molecule has 3 heteroatoms. The van der Waals surface area contributed by atoms with E-state index in [0.717, 1.165) is 38.4 Å². The van der Waals surface area contributed by atoms with Gasteiger partial charge in [0.2, 0.25) is 0 Å². The fourth-order valence-electron chi connectivity index (χ4n) is 6.55. The maximum Gasteiger partial charge on any atom is 0.156 e. The summed E-state index contributed by atoms with van der Waals surface area (Å²) in [5.74, 6) is 0. The molecule has 0 aliphatic rings. The maximum absolute atomic E-state index is 6.80. The highest BCUT2D eigenvalue weighted by Crippen LogP contribution is 2.45. The molecule has 0 amide bonds. The standard InChI is InChI=1S/C36H20ClNO/c37-28-17-20-31(34-27-16-13-23-9-3-6-12-26(23)35(27)39-36(28)34)38-29-18-14-21-7-1-4-10-24(21)32(29)33-25-11-5-2-8-22(25)15-19-30(33)38/h1-20H. The topological polar surface area (TPSA) is 18.1 Å². The Hall–Kier alpha value is -4.79. The van der Waals surface area contributed by atoms with Gasteiger partial charge in [-0.15, -0.1) is 0 Å². The monoisotopic (exact) mass is 517 g/mol. The molecule has 0 fully saturated rings. The van der Waals surface area contributed by atoms with Crippen molar-refractivity contribution < 1.29 is 4.42 Å². The smallest absolute Gasteiger partial charge is 0.156 e. The number of nitrogens with zero attached hydrogens (tertiary/aromatic N) is 1. The van der Waals surface area contributed by atoms with Crippen LogP contribution in [0.2, 0.25) is 5.02 Å². The van der Waals surface area contributed by atoms with E-state index < -0.39 is 0 Å². The van der Waals surface area contributed by atoms with E-state index in [2.05, 4.69) is 120 Å². The number of hydrogen-bond donors (Lipinski definition) is 0. The zero-order chi connectivity index (χ0) is 25.7. The van der Waals surface area contributed by atoms with E-state index in [9.17, 15) is 0 Å². The van der Waals surface area contributed by atoms with E-state index in [0.29, 0.717) is 5.02 Å². The quantitative estimate of drug-likeness (QED) is 0.212. The Morgan fingerprint density at radius 1 is 0.436 bits per heavy atom. The fourth-order valence-corrected chi connectivity index (χ4v) is 6.75. The van der Waals surface area contributed by atoms with Gasteiger partial charge in [-0.1, -0.05) is 103 Å². The molecule has 0 aliphatic carbocycles. The summed E-state index contributed by atoms with van der Waals surface area (Å²) < 4.78 is 8.95. The van der Waals surface area contributed by atoms with Gasteiger partial charge in [0.05, 0.1) is 27.1 Å². The normalized spacial score (nSPS) is 12.2. The third kappa shape index (κ3) is 2.76. The van der Waals surface area contributed by atoms with E-state index >= 15 is 0 Å². The lowest BCUT2D eigenvalue weighted by molar-refractivity contribution is 0.672. The van der Waals surface area contributed by atoms with Gasteiger partial charge in [-0.3, -0.25) is 0 Å². The van der Waals surface area contributed by atoms with Crippen LogP contribution in [0.4, 0.5) is 0 Å². The van der Waals surface area contributed by atoms with Gasteiger partial charge in [-0.25, -0.2) is 0 Å². The summed E-state index contributed by atoms with van der Waals surface area (Å²) in [5, 5.41) is 12.5. The molecular formula is C36H20ClNO. The van der Waals surface area contributed by atoms with Crippen molar-refractivity contribution in [3.05, 3.63) is 126 Å². The van der Waals surface area contributed by atoms with Crippen molar-refractivity contribution in [2.45, 2.75) is 0 Å². The summed E-state index contributed by atoms with van der Waals surface area (Å²) in [6.07, 6.45) is 0. The second-order valence-corrected chi connectivity index (χ2v) is 10.6. The van der Waals surface area contributed by atoms with Gasteiger partial charge in [0.1, 0.15) is 5.58 Å². The highest BCUT2D eigenvalue weighted by atomic mass is 35.5. The Morgan fingerprint density at radius 2 is 0.974 bits per heavy atom. The van der Waals surface area contributed by atoms with Gasteiger partial charge >= 0.3 is 0 Å². The molecule has 9 aromatic rings. The van der Waals surface area contributed by atoms with Gasteiger partial charge in [0.25, 0.3) is 0 Å². The van der Waals surface area contributed by atoms with Crippen LogP contribution in [0.5, 0.6) is 0 Å². The Balaban J connectivity index is 1.54. The third-order valence-corrected chi connectivity index (χ3v) is 8.53. The van der Waals surface area contributed by atoms with Crippen LogP contribution in [-0.2, 0) is 0 Å². The molecule has 0 atom stereocenters. The first-order chi connectivity index (χ1) is 19.3. The van der Waals surface area contributed by atoms with Crippen LogP contribution in [0, 0.1) is 0 Å². The van der Waals surface area contributed by atoms with Crippen LogP contribution in [-0.4, -0.2) is 4.57 Å². The second kappa shape index (κ2) is 7.63. The zero-order valence-corrected chi connectivity index (χ0v) is 21.5. The molecule has 0 bridgehead atoms. The zero-order valence-electron chi connectivity index (χ0n) is 20.8. The van der Waals surface area contributed by atoms with Crippen molar-refractivity contribution >= 4 is 87.7 Å². The van der Waals surface area contributed by atoms with Crippen LogP contribution >= 0.6 is 11.6 Å². The molecular weight excluding hydrogens is 498 g/mol. The lowest BCUT2D eigenvalue weighted by atomic mass is 10.00. The molecule has 2 nitrogen and oxygen atoms in total. The molecule has 0 saturated heterocycles. The maximum atomic E-state index is 6.80. The summed E-state index contributed by atoms with van der Waals surface area (Å²) in [4.78, 5) is 0. The summed E-state index contributed by atoms with van der Waals surface area (Å²) in [7, 11) is 0. The predicted octanol–water partition coefficient (Wildman–Crippen LogP) is 10.8. The number of aromatic nitrogens is 1. The van der Waals surface area contributed by atoms with E-state index in [1.54, 1.807) is 0 Å². The molecule has 0 N–H and O–H groups in total. The number of fused-ring (bicyclic) bond motifs is 12. The van der Waals surface area contributed by atoms with Gasteiger partial charge in [-0.05, 0) is 57.3 Å². The van der Waals surface area contributed by atoms with Gasteiger partial charge in [0.15, 0.2) is 5.58 Å². The van der Waals surface area contributed by atoms with E-state index in [1.165, 1.54) is 43.4 Å². The third-order valence-electron chi connectivity index (χ3n) is 8.23. The van der Waals surface area contributed by atoms with Crippen LogP contribution in [0.1, 0.15) is 0 Å². The second-order valence-electron chi connectivity index (χ2n) is 10.2. The van der Waals surface area contributed by atoms with Crippen LogP contribution in [0.25, 0.3) is 81.7 Å². The molecule has 0 aliphatic heterocycles. The van der Waals surface area contributed by atoms with E-state index in [4.69, 9.17) is 16.0 Å². The van der Waals surface area contributed by atoms with Crippen LogP contribution in [0.15, 0.2) is 126 Å². The van der Waals surface area contributed by atoms with Gasteiger partial charge in [-0.2, -0.15) is 0 Å². The SMILES string of the molecule is Clc1ccc(-n2c3ccc4ccccc4c3c3c4ccccc4ccc32)c2c1oc1c3ccccc3ccc12. The minimum absolute atomic E-state index is 0.616. The number of furan rings is 1. The fraction of sp³-hybridized carbons (Fsp3) is 0. The van der Waals surface area contributed by atoms with Crippen molar-refractivity contribution in [3.8, 4) is 5.69 Å². The molecule has 2 aromatic heterocycles. The van der Waals surface area contributed by atoms with Crippen LogP contribution < -0.4 is 0 Å². The van der Waals surface area contributed by atoms with Crippen molar-refractivity contribution in [1.82, 2.24) is 4.57 Å². The number of benzene rings is 7. The summed E-state index contributed by atoms with van der Waals surface area (Å²) in [6.45, 7) is 0. The van der Waals surface area contributed by atoms with Crippen molar-refractivity contribution in [2.75, 3.05) is 0 Å². The average molecular weight is 518 g/mol. The average Bonchev–Trinajstić information content (AvgIpc) is 3.55. The Kier molecular flexibility index (Phi) is 4.14. The summed E-state index contributed by atoms with van der Waals surface area (Å²) in [5.41, 5.74) is 4.98. The first kappa shape index (κ1) is 21.2. The molecule has 9 rings (SSSR count). The minimum atomic E-state index is 0.616. The van der Waals surface area contributed by atoms with Crippen molar-refractivity contribution in [3.63, 3.8) is 0 Å². The van der Waals surface area contributed by atoms with E-state index in [1.807, 2.05) is 6.07 Å². The highest BCUT2D eigenvalue weighted by Gasteiger charge is 2.22. The molecule has 0 radical (unpaired) electrons. The molecule has 0 unspecified atom stereocenters. The molecule has 0 spiro atoms. The first-order valence-electron chi connectivity index (χ1n) is 13.1. The van der Waals surface area contributed by atoms with Crippen LogP contribution in [0.3, 0.4) is 0 Å². The molecule has 182 valence electrons. The number of hydrogen-bond acceptors (Lipinski definition) is 1. The lowest BCUT2D eigenvalue weighted by Crippen LogP contribution is -1.95. The van der Waals surface area contributed by atoms with Gasteiger partial charge in [0, 0.05) is 21.5 Å². The molecule has 39 heavy (non-hydrogen) atoms. The minimum Gasteiger partial charge on any atom is -0.454 e. The highest BCUT2D eigenvalue weighted by molar-refractivity contribution is 6.37. The first-order valence-corrected chi connectivity index (χ1v) is 13.5. The summed E-state index contributed by atoms with van der Waals surface area (Å²) >= 11 is 6.80. The molecule has 2 heterocycles. The van der Waals surface area contributed by atoms with Crippen molar-refractivity contribution in [1.29, 1.82) is 0 Å². The largest absolute Gasteiger partial charge is 0.454 e. The molecule has 0 saturated carbocycles. The summed E-state index contributed by atoms with van der Waals surface area (Å²) in [6, 6.07) is 43.1. The van der Waals surface area contributed by atoms with E-state index in [-0.39, 0.29) is 0 Å².